The number of hydrogen-bond donors (Lipinski definition) is 1. The number of nitrogens with one attached hydrogen (secondary N) is 1. The number of carbonyl (C=O) groups excluding carboxylic acids is 1. The number of hydrogen-bond acceptors (Lipinski definition) is 5. The number of aryl methyl sites for hydroxylation is 1. The Morgan fingerprint density at radius 1 is 1.25 bits per heavy atom. The fourth-order valence-corrected chi connectivity index (χ4v) is 3.39. The van der Waals surface area contributed by atoms with Gasteiger partial charge in [0.1, 0.15) is 11.3 Å². The second-order valence-electron chi connectivity index (χ2n) is 5.66. The van der Waals surface area contributed by atoms with Crippen molar-refractivity contribution in [3.05, 3.63) is 67.9 Å². The number of H-pyrrole nitrogens is 1. The number of carbonyl (C=O) groups is 1. The van der Waals surface area contributed by atoms with Gasteiger partial charge in [-0.25, -0.2) is 9.97 Å². The third-order valence-electron chi connectivity index (χ3n) is 4.02. The first-order valence-corrected chi connectivity index (χ1v) is 8.37. The zero-order valence-corrected chi connectivity index (χ0v) is 13.8. The number of thiazole rings is 1. The van der Waals surface area contributed by atoms with E-state index in [4.69, 9.17) is 0 Å². The number of aromatic nitrogens is 3. The Bertz CT molecular complexity index is 967. The zero-order chi connectivity index (χ0) is 16.7. The van der Waals surface area contributed by atoms with Crippen LogP contribution in [0.4, 0.5) is 0 Å². The highest BCUT2D eigenvalue weighted by Crippen LogP contribution is 2.23. The SMILES string of the molecule is Cc1nc(-c2ncc(C(=O)N3Cc4ccccc4C3)c(=O)[nH]2)cs1. The van der Waals surface area contributed by atoms with E-state index < -0.39 is 5.56 Å². The number of rotatable bonds is 2. The summed E-state index contributed by atoms with van der Waals surface area (Å²) in [6.45, 7) is 2.91. The van der Waals surface area contributed by atoms with Gasteiger partial charge < -0.3 is 9.88 Å². The Balaban J connectivity index is 1.61. The molecule has 24 heavy (non-hydrogen) atoms. The van der Waals surface area contributed by atoms with E-state index in [0.29, 0.717) is 24.6 Å². The predicted molar refractivity (Wildman–Crippen MR) is 90.7 cm³/mol. The van der Waals surface area contributed by atoms with E-state index in [1.165, 1.54) is 17.5 Å². The number of aromatic amines is 1. The van der Waals surface area contributed by atoms with Crippen LogP contribution in [0.3, 0.4) is 0 Å². The Hall–Kier alpha value is -2.80. The monoisotopic (exact) mass is 338 g/mol. The van der Waals surface area contributed by atoms with E-state index in [0.717, 1.165) is 16.1 Å². The summed E-state index contributed by atoms with van der Waals surface area (Å²) in [6.07, 6.45) is 1.34. The second kappa shape index (κ2) is 5.68. The van der Waals surface area contributed by atoms with Gasteiger partial charge in [0.15, 0.2) is 5.82 Å². The Labute approximate surface area is 141 Å². The Morgan fingerprint density at radius 2 is 1.96 bits per heavy atom. The Morgan fingerprint density at radius 3 is 2.54 bits per heavy atom. The fraction of sp³-hybridized carbons (Fsp3) is 0.176. The van der Waals surface area contributed by atoms with E-state index in [-0.39, 0.29) is 11.5 Å². The highest BCUT2D eigenvalue weighted by molar-refractivity contribution is 7.09. The van der Waals surface area contributed by atoms with Crippen LogP contribution in [0.15, 0.2) is 40.6 Å². The van der Waals surface area contributed by atoms with Crippen molar-refractivity contribution >= 4 is 17.2 Å². The second-order valence-corrected chi connectivity index (χ2v) is 6.72. The van der Waals surface area contributed by atoms with Crippen molar-refractivity contribution in [2.75, 3.05) is 0 Å². The predicted octanol–water partition coefficient (Wildman–Crippen LogP) is 2.36. The Kier molecular flexibility index (Phi) is 3.50. The molecule has 4 rings (SSSR count). The third kappa shape index (κ3) is 2.52. The maximum absolute atomic E-state index is 12.6. The molecule has 0 spiro atoms. The van der Waals surface area contributed by atoms with Crippen molar-refractivity contribution in [2.45, 2.75) is 20.0 Å². The van der Waals surface area contributed by atoms with Crippen LogP contribution in [-0.2, 0) is 13.1 Å². The molecule has 7 heteroatoms. The molecule has 6 nitrogen and oxygen atoms in total. The maximum Gasteiger partial charge on any atom is 0.264 e. The van der Waals surface area contributed by atoms with E-state index >= 15 is 0 Å². The lowest BCUT2D eigenvalue weighted by molar-refractivity contribution is 0.0749. The lowest BCUT2D eigenvalue weighted by atomic mass is 10.1. The molecule has 0 fully saturated rings. The van der Waals surface area contributed by atoms with E-state index in [1.807, 2.05) is 36.6 Å². The number of nitrogens with zero attached hydrogens (tertiary/aromatic N) is 3. The first-order valence-electron chi connectivity index (χ1n) is 7.49. The molecule has 3 aromatic rings. The van der Waals surface area contributed by atoms with E-state index in [2.05, 4.69) is 15.0 Å². The molecule has 1 amide bonds. The summed E-state index contributed by atoms with van der Waals surface area (Å²) in [4.78, 5) is 37.8. The van der Waals surface area contributed by atoms with Crippen molar-refractivity contribution in [2.24, 2.45) is 0 Å². The van der Waals surface area contributed by atoms with Crippen LogP contribution in [-0.4, -0.2) is 25.8 Å². The molecular weight excluding hydrogens is 324 g/mol. The minimum Gasteiger partial charge on any atom is -0.330 e. The smallest absolute Gasteiger partial charge is 0.264 e. The normalized spacial score (nSPS) is 13.1. The minimum atomic E-state index is -0.438. The molecule has 1 aliphatic rings. The molecule has 0 saturated heterocycles. The first-order chi connectivity index (χ1) is 11.6. The largest absolute Gasteiger partial charge is 0.330 e. The van der Waals surface area contributed by atoms with Crippen molar-refractivity contribution in [1.82, 2.24) is 19.9 Å². The van der Waals surface area contributed by atoms with Crippen LogP contribution in [0.2, 0.25) is 0 Å². The van der Waals surface area contributed by atoms with Gasteiger partial charge in [-0.15, -0.1) is 11.3 Å². The van der Waals surface area contributed by atoms with Gasteiger partial charge in [0.05, 0.1) is 5.01 Å². The van der Waals surface area contributed by atoms with Crippen molar-refractivity contribution in [3.63, 3.8) is 0 Å². The van der Waals surface area contributed by atoms with Crippen LogP contribution in [0, 0.1) is 6.92 Å². The molecule has 1 aliphatic heterocycles. The molecule has 1 aromatic carbocycles. The molecule has 0 bridgehead atoms. The highest BCUT2D eigenvalue weighted by atomic mass is 32.1. The quantitative estimate of drug-likeness (QED) is 0.778. The van der Waals surface area contributed by atoms with Gasteiger partial charge in [-0.05, 0) is 18.1 Å². The summed E-state index contributed by atoms with van der Waals surface area (Å²) in [6, 6.07) is 7.90. The minimum absolute atomic E-state index is 0.0542. The maximum atomic E-state index is 12.6. The van der Waals surface area contributed by atoms with Gasteiger partial charge in [0, 0.05) is 24.7 Å². The van der Waals surface area contributed by atoms with Gasteiger partial charge in [-0.1, -0.05) is 24.3 Å². The summed E-state index contributed by atoms with van der Waals surface area (Å²) in [5.74, 6) is 0.0755. The van der Waals surface area contributed by atoms with E-state index in [1.54, 1.807) is 4.90 Å². The molecule has 0 aliphatic carbocycles. The molecule has 120 valence electrons. The molecule has 0 atom stereocenters. The molecule has 3 heterocycles. The number of fused-ring (bicyclic) bond motifs is 1. The summed E-state index contributed by atoms with van der Waals surface area (Å²) >= 11 is 1.48. The molecule has 0 saturated carbocycles. The molecular formula is C17H14N4O2S. The summed E-state index contributed by atoms with van der Waals surface area (Å²) in [7, 11) is 0. The molecule has 0 radical (unpaired) electrons. The summed E-state index contributed by atoms with van der Waals surface area (Å²) < 4.78 is 0. The molecule has 2 aromatic heterocycles. The molecule has 0 unspecified atom stereocenters. The van der Waals surface area contributed by atoms with Crippen LogP contribution in [0.1, 0.15) is 26.5 Å². The first kappa shape index (κ1) is 14.8. The highest BCUT2D eigenvalue weighted by Gasteiger charge is 2.26. The van der Waals surface area contributed by atoms with Gasteiger partial charge in [0.25, 0.3) is 11.5 Å². The number of benzene rings is 1. The van der Waals surface area contributed by atoms with E-state index in [9.17, 15) is 9.59 Å². The number of amides is 1. The van der Waals surface area contributed by atoms with Gasteiger partial charge in [0.2, 0.25) is 0 Å². The zero-order valence-electron chi connectivity index (χ0n) is 12.9. The van der Waals surface area contributed by atoms with Crippen LogP contribution in [0.25, 0.3) is 11.5 Å². The van der Waals surface area contributed by atoms with Crippen molar-refractivity contribution in [3.8, 4) is 11.5 Å². The summed E-state index contributed by atoms with van der Waals surface area (Å²) in [5, 5.41) is 2.72. The van der Waals surface area contributed by atoms with Crippen molar-refractivity contribution < 1.29 is 4.79 Å². The topological polar surface area (TPSA) is 79.0 Å². The lowest BCUT2D eigenvalue weighted by Crippen LogP contribution is -2.31. The van der Waals surface area contributed by atoms with Crippen LogP contribution in [0.5, 0.6) is 0 Å². The summed E-state index contributed by atoms with van der Waals surface area (Å²) in [5.41, 5.74) is 2.46. The van der Waals surface area contributed by atoms with Gasteiger partial charge in [-0.3, -0.25) is 9.59 Å². The van der Waals surface area contributed by atoms with Gasteiger partial charge in [-0.2, -0.15) is 0 Å². The fourth-order valence-electron chi connectivity index (χ4n) is 2.80. The average Bonchev–Trinajstić information content (AvgIpc) is 3.20. The van der Waals surface area contributed by atoms with Crippen LogP contribution < -0.4 is 5.56 Å². The molecule has 1 N–H and O–H groups in total. The van der Waals surface area contributed by atoms with Crippen molar-refractivity contribution in [1.29, 1.82) is 0 Å². The third-order valence-corrected chi connectivity index (χ3v) is 4.79. The van der Waals surface area contributed by atoms with Crippen LogP contribution >= 0.6 is 11.3 Å². The standard InChI is InChI=1S/C17H14N4O2S/c1-10-19-14(9-24-10)15-18-6-13(16(22)20-15)17(23)21-7-11-4-2-3-5-12(11)8-21/h2-6,9H,7-8H2,1H3,(H,18,20,22). The average molecular weight is 338 g/mol. The van der Waals surface area contributed by atoms with Gasteiger partial charge >= 0.3 is 0 Å². The lowest BCUT2D eigenvalue weighted by Gasteiger charge is -2.14.